The van der Waals surface area contributed by atoms with Crippen LogP contribution >= 0.6 is 11.3 Å². The Balaban J connectivity index is 1.53. The molecule has 1 aromatic rings. The molecular weight excluding hydrogens is 363 g/mol. The van der Waals surface area contributed by atoms with Crippen LogP contribution in [-0.2, 0) is 25.3 Å². The highest BCUT2D eigenvalue weighted by molar-refractivity contribution is 7.11. The Bertz CT molecular complexity index is 615. The minimum atomic E-state index is -0.472. The van der Waals surface area contributed by atoms with Gasteiger partial charge < -0.3 is 18.8 Å². The Labute approximate surface area is 167 Å². The molecular formula is C19H33BN2O4S. The van der Waals surface area contributed by atoms with Crippen molar-refractivity contribution < 1.29 is 18.8 Å². The average molecular weight is 396 g/mol. The van der Waals surface area contributed by atoms with Crippen LogP contribution in [0.2, 0.25) is 0 Å². The van der Waals surface area contributed by atoms with Crippen molar-refractivity contribution in [3.63, 3.8) is 0 Å². The van der Waals surface area contributed by atoms with Crippen LogP contribution < -0.4 is 10.9 Å². The highest BCUT2D eigenvalue weighted by Gasteiger charge is 2.51. The second kappa shape index (κ2) is 8.10. The number of rotatable bonds is 8. The van der Waals surface area contributed by atoms with Gasteiger partial charge in [0.25, 0.3) is 0 Å². The average Bonchev–Trinajstić information content (AvgIpc) is 3.26. The number of ether oxygens (including phenoxy) is 2. The van der Waals surface area contributed by atoms with Gasteiger partial charge in [0.2, 0.25) is 0 Å². The lowest BCUT2D eigenvalue weighted by molar-refractivity contribution is -0.177. The van der Waals surface area contributed by atoms with E-state index in [9.17, 15) is 0 Å². The monoisotopic (exact) mass is 396 g/mol. The first-order valence-corrected chi connectivity index (χ1v) is 10.7. The lowest BCUT2D eigenvalue weighted by Crippen LogP contribution is -2.47. The first-order valence-electron chi connectivity index (χ1n) is 9.82. The van der Waals surface area contributed by atoms with E-state index in [1.807, 2.05) is 7.05 Å². The van der Waals surface area contributed by atoms with E-state index in [2.05, 4.69) is 56.5 Å². The number of nitrogens with one attached hydrogen (secondary N) is 1. The third-order valence-corrected chi connectivity index (χ3v) is 6.60. The molecule has 2 saturated heterocycles. The van der Waals surface area contributed by atoms with Crippen LogP contribution in [0.3, 0.4) is 0 Å². The molecule has 8 heteroatoms. The molecule has 0 unspecified atom stereocenters. The standard InChI is InChI=1S/C19H33BN2O4S/c1-7-8-19(23-9-10-24-19)14-22(6)21-12-16-11-15(13-27-16)20-25-17(2,3)18(4,5)26-20/h11,13,21H,7-10,12,14H2,1-6H3. The fourth-order valence-corrected chi connectivity index (χ4v) is 4.23. The highest BCUT2D eigenvalue weighted by Crippen LogP contribution is 2.36. The van der Waals surface area contributed by atoms with Crippen LogP contribution in [0.4, 0.5) is 0 Å². The Morgan fingerprint density at radius 1 is 1.15 bits per heavy atom. The first-order chi connectivity index (χ1) is 12.7. The molecule has 1 aromatic heterocycles. The highest BCUT2D eigenvalue weighted by atomic mass is 32.1. The number of likely N-dealkylation sites (N-methyl/N-ethyl adjacent to an activating group) is 1. The molecule has 1 N–H and O–H groups in total. The summed E-state index contributed by atoms with van der Waals surface area (Å²) in [4.78, 5) is 1.24. The van der Waals surface area contributed by atoms with Crippen molar-refractivity contribution in [2.45, 2.75) is 71.0 Å². The van der Waals surface area contributed by atoms with Gasteiger partial charge in [0, 0.05) is 24.9 Å². The van der Waals surface area contributed by atoms with Crippen LogP contribution in [0, 0.1) is 0 Å². The predicted molar refractivity (Wildman–Crippen MR) is 109 cm³/mol. The Hall–Kier alpha value is -0.475. The molecule has 152 valence electrons. The number of thiophene rings is 1. The fraction of sp³-hybridized carbons (Fsp3) is 0.789. The van der Waals surface area contributed by atoms with Gasteiger partial charge >= 0.3 is 7.12 Å². The Morgan fingerprint density at radius 2 is 1.78 bits per heavy atom. The molecule has 2 aliphatic rings. The van der Waals surface area contributed by atoms with E-state index in [1.54, 1.807) is 11.3 Å². The maximum atomic E-state index is 6.14. The molecule has 0 aliphatic carbocycles. The molecule has 0 atom stereocenters. The zero-order chi connectivity index (χ0) is 19.7. The zero-order valence-corrected chi connectivity index (χ0v) is 18.3. The lowest BCUT2D eigenvalue weighted by Gasteiger charge is -2.32. The number of hydrazine groups is 1. The Morgan fingerprint density at radius 3 is 2.37 bits per heavy atom. The fourth-order valence-electron chi connectivity index (χ4n) is 3.42. The summed E-state index contributed by atoms with van der Waals surface area (Å²) in [6, 6.07) is 2.16. The summed E-state index contributed by atoms with van der Waals surface area (Å²) < 4.78 is 24.0. The summed E-state index contributed by atoms with van der Waals surface area (Å²) in [5.74, 6) is -0.472. The summed E-state index contributed by atoms with van der Waals surface area (Å²) in [6.07, 6.45) is 1.94. The molecule has 3 rings (SSSR count). The number of hydrogen-bond acceptors (Lipinski definition) is 7. The van der Waals surface area contributed by atoms with Crippen molar-refractivity contribution >= 4 is 23.9 Å². The van der Waals surface area contributed by atoms with Crippen molar-refractivity contribution in [1.29, 1.82) is 0 Å². The van der Waals surface area contributed by atoms with E-state index in [-0.39, 0.29) is 18.3 Å². The number of hydrogen-bond donors (Lipinski definition) is 1. The van der Waals surface area contributed by atoms with Crippen LogP contribution in [0.25, 0.3) is 0 Å². The molecule has 0 aromatic carbocycles. The minimum Gasteiger partial charge on any atom is -0.399 e. The van der Waals surface area contributed by atoms with Crippen LogP contribution in [-0.4, -0.2) is 55.9 Å². The smallest absolute Gasteiger partial charge is 0.399 e. The van der Waals surface area contributed by atoms with Gasteiger partial charge in [0.05, 0.1) is 31.0 Å². The SMILES string of the molecule is CCCC1(CN(C)NCc2cc(B3OC(C)(C)C(C)(C)O3)cs2)OCCO1. The first kappa shape index (κ1) is 21.2. The molecule has 27 heavy (non-hydrogen) atoms. The zero-order valence-electron chi connectivity index (χ0n) is 17.5. The van der Waals surface area contributed by atoms with Crippen LogP contribution in [0.15, 0.2) is 11.4 Å². The largest absolute Gasteiger partial charge is 0.495 e. The third kappa shape index (κ3) is 4.75. The quantitative estimate of drug-likeness (QED) is 0.539. The van der Waals surface area contributed by atoms with Crippen molar-refractivity contribution in [2.24, 2.45) is 0 Å². The molecule has 0 radical (unpaired) electrons. The van der Waals surface area contributed by atoms with Crippen molar-refractivity contribution in [2.75, 3.05) is 26.8 Å². The summed E-state index contributed by atoms with van der Waals surface area (Å²) in [5.41, 5.74) is 3.91. The lowest BCUT2D eigenvalue weighted by atomic mass is 9.81. The van der Waals surface area contributed by atoms with E-state index in [1.165, 1.54) is 4.88 Å². The van der Waals surface area contributed by atoms with Gasteiger partial charge in [-0.25, -0.2) is 5.01 Å². The van der Waals surface area contributed by atoms with E-state index in [0.717, 1.165) is 24.8 Å². The van der Waals surface area contributed by atoms with Gasteiger partial charge in [-0.15, -0.1) is 11.3 Å². The van der Waals surface area contributed by atoms with E-state index < -0.39 is 5.79 Å². The summed E-state index contributed by atoms with van der Waals surface area (Å²) in [6.45, 7) is 13.3. The van der Waals surface area contributed by atoms with Crippen molar-refractivity contribution in [3.8, 4) is 0 Å². The molecule has 2 fully saturated rings. The normalized spacial score (nSPS) is 23.4. The molecule has 0 amide bonds. The molecule has 6 nitrogen and oxygen atoms in total. The molecule has 0 bridgehead atoms. The van der Waals surface area contributed by atoms with Crippen LogP contribution in [0.1, 0.15) is 52.3 Å². The minimum absolute atomic E-state index is 0.300. The molecule has 3 heterocycles. The van der Waals surface area contributed by atoms with Crippen molar-refractivity contribution in [1.82, 2.24) is 10.4 Å². The maximum Gasteiger partial charge on any atom is 0.495 e. The molecule has 0 spiro atoms. The van der Waals surface area contributed by atoms with E-state index in [4.69, 9.17) is 18.8 Å². The summed E-state index contributed by atoms with van der Waals surface area (Å²) in [5, 5.41) is 4.19. The maximum absolute atomic E-state index is 6.14. The van der Waals surface area contributed by atoms with E-state index in [0.29, 0.717) is 19.8 Å². The van der Waals surface area contributed by atoms with Crippen molar-refractivity contribution in [3.05, 3.63) is 16.3 Å². The summed E-state index contributed by atoms with van der Waals surface area (Å²) in [7, 11) is 1.73. The van der Waals surface area contributed by atoms with Gasteiger partial charge in [-0.3, -0.25) is 5.43 Å². The second-order valence-electron chi connectivity index (χ2n) is 8.48. The molecule has 2 aliphatic heterocycles. The van der Waals surface area contributed by atoms with Gasteiger partial charge in [-0.2, -0.15) is 0 Å². The third-order valence-electron chi connectivity index (χ3n) is 5.65. The second-order valence-corrected chi connectivity index (χ2v) is 9.48. The van der Waals surface area contributed by atoms with Crippen LogP contribution in [0.5, 0.6) is 0 Å². The van der Waals surface area contributed by atoms with Gasteiger partial charge in [0.1, 0.15) is 0 Å². The Kier molecular flexibility index (Phi) is 6.37. The predicted octanol–water partition coefficient (Wildman–Crippen LogP) is 2.53. The van der Waals surface area contributed by atoms with E-state index >= 15 is 0 Å². The van der Waals surface area contributed by atoms with Gasteiger partial charge in [0.15, 0.2) is 5.79 Å². The number of nitrogens with zero attached hydrogens (tertiary/aromatic N) is 1. The van der Waals surface area contributed by atoms with Gasteiger partial charge in [-0.05, 0) is 44.6 Å². The topological polar surface area (TPSA) is 52.2 Å². The molecule has 0 saturated carbocycles. The van der Waals surface area contributed by atoms with Gasteiger partial charge in [-0.1, -0.05) is 13.3 Å². The summed E-state index contributed by atoms with van der Waals surface area (Å²) >= 11 is 1.72.